The van der Waals surface area contributed by atoms with E-state index in [0.29, 0.717) is 0 Å². The van der Waals surface area contributed by atoms with Crippen LogP contribution in [0.4, 0.5) is 0 Å². The summed E-state index contributed by atoms with van der Waals surface area (Å²) in [7, 11) is 0. The van der Waals surface area contributed by atoms with Gasteiger partial charge in [-0.1, -0.05) is 0 Å². The predicted octanol–water partition coefficient (Wildman–Crippen LogP) is -5.63. The van der Waals surface area contributed by atoms with Gasteiger partial charge in [0.25, 0.3) is 0 Å². The fraction of sp³-hybridized carbons (Fsp3) is 0.667. The fourth-order valence-corrected chi connectivity index (χ4v) is 0.486. The molecule has 0 bridgehead atoms. The minimum Gasteiger partial charge on any atom is -0.548 e. The Morgan fingerprint density at radius 1 is 1.42 bits per heavy atom. The van der Waals surface area contributed by atoms with Crippen molar-refractivity contribution in [2.75, 3.05) is 0 Å². The first-order valence-electron chi connectivity index (χ1n) is 3.20. The van der Waals surface area contributed by atoms with Gasteiger partial charge in [-0.15, -0.1) is 0 Å². The molecule has 0 aliphatic heterocycles. The fourth-order valence-electron chi connectivity index (χ4n) is 0.486. The molecule has 0 rings (SSSR count). The first kappa shape index (κ1) is 14.6. The van der Waals surface area contributed by atoms with Crippen molar-refractivity contribution in [2.45, 2.75) is 25.4 Å². The van der Waals surface area contributed by atoms with Crippen LogP contribution in [0, 0.1) is 0 Å². The molecule has 0 aromatic carbocycles. The van der Waals surface area contributed by atoms with Crippen molar-refractivity contribution in [3.05, 3.63) is 0 Å². The van der Waals surface area contributed by atoms with E-state index in [-0.39, 0.29) is 41.8 Å². The zero-order valence-corrected chi connectivity index (χ0v) is 9.24. The van der Waals surface area contributed by atoms with Gasteiger partial charge in [-0.2, -0.15) is 0 Å². The molecule has 0 aliphatic rings. The molecule has 4 N–H and O–H groups in total. The molecule has 5 nitrogen and oxygen atoms in total. The molecule has 64 valence electrons. The van der Waals surface area contributed by atoms with Gasteiger partial charge in [0.05, 0.1) is 18.1 Å². The van der Waals surface area contributed by atoms with Gasteiger partial charge in [0.15, 0.2) is 5.78 Å². The van der Waals surface area contributed by atoms with Gasteiger partial charge in [-0.25, -0.2) is 0 Å². The van der Waals surface area contributed by atoms with Crippen LogP contribution in [0.15, 0.2) is 0 Å². The standard InChI is InChI=1S/C6H12N2O3.Na/c1-3(7)5(9)2-4(8)6(10)11;/h3-4H,2,7-8H2,1H3,(H,10,11);/q;+1/p-1/t3-,4-;/m0./s1. The Hall–Kier alpha value is 0.0600. The smallest absolute Gasteiger partial charge is 0.548 e. The average molecular weight is 182 g/mol. The molecule has 2 atom stereocenters. The summed E-state index contributed by atoms with van der Waals surface area (Å²) in [6.45, 7) is 1.48. The molecule has 0 heterocycles. The molecule has 0 saturated carbocycles. The molecule has 6 heteroatoms. The molecule has 0 unspecified atom stereocenters. The number of Topliss-reactive ketones (excluding diaryl/α,β-unsaturated/α-hetero) is 1. The maximum Gasteiger partial charge on any atom is 1.00 e. The molecule has 0 saturated heterocycles. The number of carboxylic acids is 1. The molecule has 0 aliphatic carbocycles. The van der Waals surface area contributed by atoms with Crippen LogP contribution in [0.2, 0.25) is 0 Å². The van der Waals surface area contributed by atoms with E-state index in [1.165, 1.54) is 6.92 Å². The Kier molecular flexibility index (Phi) is 7.97. The SMILES string of the molecule is C[C@H](N)C(=O)C[C@H](N)C(=O)[O-].[Na+]. The number of hydrogen-bond acceptors (Lipinski definition) is 5. The van der Waals surface area contributed by atoms with Gasteiger partial charge < -0.3 is 21.4 Å². The monoisotopic (exact) mass is 182 g/mol. The van der Waals surface area contributed by atoms with E-state index in [4.69, 9.17) is 11.5 Å². The zero-order chi connectivity index (χ0) is 9.02. The predicted molar refractivity (Wildman–Crippen MR) is 36.3 cm³/mol. The Labute approximate surface area is 92.8 Å². The van der Waals surface area contributed by atoms with E-state index in [9.17, 15) is 14.7 Å². The maximum atomic E-state index is 10.8. The Bertz CT molecular complexity index is 172. The normalized spacial score (nSPS) is 14.2. The zero-order valence-electron chi connectivity index (χ0n) is 7.24. The number of ketones is 1. The number of nitrogens with two attached hydrogens (primary N) is 2. The van der Waals surface area contributed by atoms with Crippen molar-refractivity contribution in [1.82, 2.24) is 0 Å². The Balaban J connectivity index is 0. The Morgan fingerprint density at radius 3 is 2.08 bits per heavy atom. The van der Waals surface area contributed by atoms with E-state index in [1.807, 2.05) is 0 Å². The molecule has 0 aromatic rings. The van der Waals surface area contributed by atoms with Crippen molar-refractivity contribution in [3.63, 3.8) is 0 Å². The second-order valence-corrected chi connectivity index (χ2v) is 2.38. The van der Waals surface area contributed by atoms with Crippen LogP contribution in [0.25, 0.3) is 0 Å². The van der Waals surface area contributed by atoms with Crippen LogP contribution in [0.5, 0.6) is 0 Å². The van der Waals surface area contributed by atoms with E-state index < -0.39 is 18.1 Å². The second-order valence-electron chi connectivity index (χ2n) is 2.38. The number of hydrogen-bond donors (Lipinski definition) is 2. The van der Waals surface area contributed by atoms with Crippen LogP contribution >= 0.6 is 0 Å². The molecule has 0 radical (unpaired) electrons. The van der Waals surface area contributed by atoms with Gasteiger partial charge in [0, 0.05) is 6.42 Å². The third-order valence-electron chi connectivity index (χ3n) is 1.23. The van der Waals surface area contributed by atoms with Gasteiger partial charge in [-0.3, -0.25) is 4.79 Å². The number of carbonyl (C=O) groups excluding carboxylic acids is 2. The van der Waals surface area contributed by atoms with Crippen molar-refractivity contribution < 1.29 is 44.3 Å². The van der Waals surface area contributed by atoms with E-state index >= 15 is 0 Å². The van der Waals surface area contributed by atoms with Crippen molar-refractivity contribution in [3.8, 4) is 0 Å². The van der Waals surface area contributed by atoms with Crippen LogP contribution in [-0.2, 0) is 9.59 Å². The van der Waals surface area contributed by atoms with Gasteiger partial charge in [-0.05, 0) is 6.92 Å². The molecule has 0 aromatic heterocycles. The number of carbonyl (C=O) groups is 2. The summed E-state index contributed by atoms with van der Waals surface area (Å²) < 4.78 is 0. The summed E-state index contributed by atoms with van der Waals surface area (Å²) in [6, 6.07) is -1.91. The molecule has 0 spiro atoms. The molecule has 0 fully saturated rings. The second kappa shape index (κ2) is 6.56. The van der Waals surface area contributed by atoms with Crippen molar-refractivity contribution in [1.29, 1.82) is 0 Å². The van der Waals surface area contributed by atoms with Crippen molar-refractivity contribution >= 4 is 11.8 Å². The summed E-state index contributed by atoms with van der Waals surface area (Å²) in [4.78, 5) is 20.8. The number of carboxylic acid groups (broad SMARTS) is 1. The summed E-state index contributed by atoms with van der Waals surface area (Å²) >= 11 is 0. The molecule has 0 amide bonds. The third-order valence-corrected chi connectivity index (χ3v) is 1.23. The summed E-state index contributed by atoms with van der Waals surface area (Å²) in [6.07, 6.45) is -0.264. The molecule has 12 heavy (non-hydrogen) atoms. The van der Waals surface area contributed by atoms with Gasteiger partial charge >= 0.3 is 29.6 Å². The molecular weight excluding hydrogens is 171 g/mol. The largest absolute Gasteiger partial charge is 1.00 e. The van der Waals surface area contributed by atoms with Crippen LogP contribution in [0.3, 0.4) is 0 Å². The third kappa shape index (κ3) is 5.68. The van der Waals surface area contributed by atoms with Crippen LogP contribution < -0.4 is 46.1 Å². The van der Waals surface area contributed by atoms with Gasteiger partial charge in [0.1, 0.15) is 0 Å². The van der Waals surface area contributed by atoms with E-state index in [1.54, 1.807) is 0 Å². The number of aliphatic carboxylic acids is 1. The Morgan fingerprint density at radius 2 is 1.83 bits per heavy atom. The minimum atomic E-state index is -1.43. The molecular formula is C6H11N2NaO3. The number of rotatable bonds is 4. The summed E-state index contributed by atoms with van der Waals surface area (Å²) in [5.41, 5.74) is 10.2. The topological polar surface area (TPSA) is 109 Å². The maximum absolute atomic E-state index is 10.8. The average Bonchev–Trinajstić information content (AvgIpc) is 1.87. The van der Waals surface area contributed by atoms with Crippen LogP contribution in [-0.4, -0.2) is 23.8 Å². The first-order chi connectivity index (χ1) is 4.95. The minimum absolute atomic E-state index is 0. The summed E-state index contributed by atoms with van der Waals surface area (Å²) in [5.74, 6) is -1.80. The van der Waals surface area contributed by atoms with Crippen molar-refractivity contribution in [2.24, 2.45) is 11.5 Å². The van der Waals surface area contributed by atoms with Gasteiger partial charge in [0.2, 0.25) is 0 Å². The van der Waals surface area contributed by atoms with Crippen LogP contribution in [0.1, 0.15) is 13.3 Å². The summed E-state index contributed by atoms with van der Waals surface area (Å²) in [5, 5.41) is 10.0. The quantitative estimate of drug-likeness (QED) is 0.421. The van der Waals surface area contributed by atoms with E-state index in [0.717, 1.165) is 0 Å². The first-order valence-corrected chi connectivity index (χ1v) is 3.20. The van der Waals surface area contributed by atoms with E-state index in [2.05, 4.69) is 0 Å².